The first-order valence-electron chi connectivity index (χ1n) is 9.46. The first kappa shape index (κ1) is 17.8. The van der Waals surface area contributed by atoms with Crippen LogP contribution in [0.3, 0.4) is 0 Å². The van der Waals surface area contributed by atoms with Gasteiger partial charge in [0.2, 0.25) is 0 Å². The molecule has 3 aromatic rings. The third kappa shape index (κ3) is 3.76. The number of rotatable bonds is 5. The van der Waals surface area contributed by atoms with Gasteiger partial charge in [-0.05, 0) is 37.1 Å². The molecule has 4 rings (SSSR count). The predicted molar refractivity (Wildman–Crippen MR) is 102 cm³/mol. The van der Waals surface area contributed by atoms with E-state index in [0.717, 1.165) is 48.8 Å². The van der Waals surface area contributed by atoms with Gasteiger partial charge in [-0.25, -0.2) is 14.4 Å². The average molecular weight is 365 g/mol. The van der Waals surface area contributed by atoms with Crippen LogP contribution >= 0.6 is 0 Å². The van der Waals surface area contributed by atoms with Gasteiger partial charge in [-0.2, -0.15) is 0 Å². The molecule has 1 aliphatic heterocycles. The molecule has 140 valence electrons. The lowest BCUT2D eigenvalue weighted by atomic mass is 10.1. The summed E-state index contributed by atoms with van der Waals surface area (Å²) in [5.41, 5.74) is 2.10. The van der Waals surface area contributed by atoms with Crippen molar-refractivity contribution in [1.29, 1.82) is 0 Å². The molecule has 1 fully saturated rings. The zero-order chi connectivity index (χ0) is 18.8. The van der Waals surface area contributed by atoms with E-state index in [2.05, 4.69) is 28.7 Å². The SMILES string of the molecule is CC(C)c1nccn1-c1cncc([C@@H]2CCCN2Cc2ccc(F)cc2)n1. The van der Waals surface area contributed by atoms with Gasteiger partial charge in [-0.3, -0.25) is 14.5 Å². The van der Waals surface area contributed by atoms with Crippen LogP contribution in [0.2, 0.25) is 0 Å². The van der Waals surface area contributed by atoms with Gasteiger partial charge < -0.3 is 0 Å². The Morgan fingerprint density at radius 2 is 2.00 bits per heavy atom. The minimum Gasteiger partial charge on any atom is -0.290 e. The second-order valence-electron chi connectivity index (χ2n) is 7.37. The number of imidazole rings is 1. The number of halogens is 1. The minimum absolute atomic E-state index is 0.198. The molecular formula is C21H24FN5. The fourth-order valence-corrected chi connectivity index (χ4v) is 3.76. The van der Waals surface area contributed by atoms with Crippen molar-refractivity contribution in [2.24, 2.45) is 0 Å². The molecule has 0 saturated carbocycles. The molecule has 0 spiro atoms. The summed E-state index contributed by atoms with van der Waals surface area (Å²) in [5, 5.41) is 0. The van der Waals surface area contributed by atoms with E-state index in [1.807, 2.05) is 29.1 Å². The maximum atomic E-state index is 13.2. The Balaban J connectivity index is 1.59. The van der Waals surface area contributed by atoms with Crippen molar-refractivity contribution in [3.05, 3.63) is 72.0 Å². The Morgan fingerprint density at radius 3 is 2.78 bits per heavy atom. The van der Waals surface area contributed by atoms with Crippen molar-refractivity contribution >= 4 is 0 Å². The van der Waals surface area contributed by atoms with Crippen LogP contribution in [-0.4, -0.2) is 31.0 Å². The van der Waals surface area contributed by atoms with Crippen molar-refractivity contribution in [1.82, 2.24) is 24.4 Å². The van der Waals surface area contributed by atoms with Crippen LogP contribution in [0.1, 0.15) is 55.7 Å². The maximum absolute atomic E-state index is 13.2. The van der Waals surface area contributed by atoms with Crippen LogP contribution in [0.5, 0.6) is 0 Å². The fourth-order valence-electron chi connectivity index (χ4n) is 3.76. The highest BCUT2D eigenvalue weighted by atomic mass is 19.1. The average Bonchev–Trinajstić information content (AvgIpc) is 3.33. The van der Waals surface area contributed by atoms with Crippen LogP contribution in [0, 0.1) is 5.82 Å². The molecule has 5 nitrogen and oxygen atoms in total. The Hall–Kier alpha value is -2.60. The van der Waals surface area contributed by atoms with Gasteiger partial charge in [0.15, 0.2) is 5.82 Å². The zero-order valence-electron chi connectivity index (χ0n) is 15.7. The smallest absolute Gasteiger partial charge is 0.156 e. The highest BCUT2D eigenvalue weighted by Gasteiger charge is 2.27. The number of nitrogens with zero attached hydrogens (tertiary/aromatic N) is 5. The normalized spacial score (nSPS) is 17.7. The van der Waals surface area contributed by atoms with Crippen LogP contribution in [0.15, 0.2) is 49.1 Å². The highest BCUT2D eigenvalue weighted by Crippen LogP contribution is 2.32. The van der Waals surface area contributed by atoms with Crippen molar-refractivity contribution < 1.29 is 4.39 Å². The van der Waals surface area contributed by atoms with E-state index < -0.39 is 0 Å². The van der Waals surface area contributed by atoms with E-state index in [-0.39, 0.29) is 11.9 Å². The van der Waals surface area contributed by atoms with Gasteiger partial charge in [0.1, 0.15) is 11.6 Å². The zero-order valence-corrected chi connectivity index (χ0v) is 15.7. The Labute approximate surface area is 158 Å². The topological polar surface area (TPSA) is 46.8 Å². The first-order valence-corrected chi connectivity index (χ1v) is 9.46. The van der Waals surface area contributed by atoms with E-state index in [1.54, 1.807) is 12.4 Å². The standard InChI is InChI=1S/C21H24FN5/c1-15(2)21-24-9-11-27(21)20-13-23-12-18(25-20)19-4-3-10-26(19)14-16-5-7-17(22)8-6-16/h5-9,11-13,15,19H,3-4,10,14H2,1-2H3/t19-/m0/s1. The highest BCUT2D eigenvalue weighted by molar-refractivity contribution is 5.25. The summed E-state index contributed by atoms with van der Waals surface area (Å²) in [6, 6.07) is 6.98. The largest absolute Gasteiger partial charge is 0.290 e. The number of likely N-dealkylation sites (tertiary alicyclic amines) is 1. The lowest BCUT2D eigenvalue weighted by Gasteiger charge is -2.24. The van der Waals surface area contributed by atoms with Crippen molar-refractivity contribution in [2.45, 2.75) is 45.2 Å². The number of aromatic nitrogens is 4. The Kier molecular flexibility index (Phi) is 4.99. The molecule has 6 heteroatoms. The summed E-state index contributed by atoms with van der Waals surface area (Å²) in [6.45, 7) is 6.05. The fraction of sp³-hybridized carbons (Fsp3) is 0.381. The summed E-state index contributed by atoms with van der Waals surface area (Å²) >= 11 is 0. The van der Waals surface area contributed by atoms with Gasteiger partial charge in [0.25, 0.3) is 0 Å². The van der Waals surface area contributed by atoms with E-state index in [0.29, 0.717) is 5.92 Å². The molecule has 1 saturated heterocycles. The summed E-state index contributed by atoms with van der Waals surface area (Å²) in [7, 11) is 0. The first-order chi connectivity index (χ1) is 13.1. The second-order valence-corrected chi connectivity index (χ2v) is 7.37. The molecule has 1 aliphatic rings. The number of hydrogen-bond acceptors (Lipinski definition) is 4. The van der Waals surface area contributed by atoms with Gasteiger partial charge in [-0.1, -0.05) is 26.0 Å². The molecule has 0 unspecified atom stereocenters. The lowest BCUT2D eigenvalue weighted by Crippen LogP contribution is -2.24. The number of hydrogen-bond donors (Lipinski definition) is 0. The van der Waals surface area contributed by atoms with Crippen LogP contribution in [-0.2, 0) is 6.54 Å². The molecule has 0 radical (unpaired) electrons. The van der Waals surface area contributed by atoms with E-state index in [1.165, 1.54) is 12.1 Å². The van der Waals surface area contributed by atoms with E-state index >= 15 is 0 Å². The molecular weight excluding hydrogens is 341 g/mol. The molecule has 0 aliphatic carbocycles. The predicted octanol–water partition coefficient (Wildman–Crippen LogP) is 4.26. The van der Waals surface area contributed by atoms with E-state index in [9.17, 15) is 4.39 Å². The third-order valence-corrected chi connectivity index (χ3v) is 5.08. The molecule has 27 heavy (non-hydrogen) atoms. The molecule has 1 aromatic carbocycles. The van der Waals surface area contributed by atoms with Crippen molar-refractivity contribution in [3.8, 4) is 5.82 Å². The van der Waals surface area contributed by atoms with Gasteiger partial charge >= 0.3 is 0 Å². The molecule has 0 N–H and O–H groups in total. The molecule has 2 aromatic heterocycles. The minimum atomic E-state index is -0.198. The van der Waals surface area contributed by atoms with Crippen molar-refractivity contribution in [3.63, 3.8) is 0 Å². The van der Waals surface area contributed by atoms with Crippen LogP contribution < -0.4 is 0 Å². The van der Waals surface area contributed by atoms with Gasteiger partial charge in [0.05, 0.1) is 24.1 Å². The summed E-state index contributed by atoms with van der Waals surface area (Å²) < 4.78 is 15.2. The molecule has 0 amide bonds. The Morgan fingerprint density at radius 1 is 1.19 bits per heavy atom. The summed E-state index contributed by atoms with van der Waals surface area (Å²) in [4.78, 5) is 16.2. The second kappa shape index (κ2) is 7.56. The molecule has 0 bridgehead atoms. The van der Waals surface area contributed by atoms with Crippen LogP contribution in [0.25, 0.3) is 5.82 Å². The summed E-state index contributed by atoms with van der Waals surface area (Å²) in [6.07, 6.45) is 9.58. The monoisotopic (exact) mass is 365 g/mol. The maximum Gasteiger partial charge on any atom is 0.156 e. The Bertz CT molecular complexity index is 903. The molecule has 1 atom stereocenters. The van der Waals surface area contributed by atoms with Gasteiger partial charge in [0, 0.05) is 24.9 Å². The van der Waals surface area contributed by atoms with Gasteiger partial charge in [-0.15, -0.1) is 0 Å². The summed E-state index contributed by atoms with van der Waals surface area (Å²) in [5.74, 6) is 1.90. The van der Waals surface area contributed by atoms with E-state index in [4.69, 9.17) is 4.98 Å². The quantitative estimate of drug-likeness (QED) is 0.678. The van der Waals surface area contributed by atoms with Crippen LogP contribution in [0.4, 0.5) is 4.39 Å². The van der Waals surface area contributed by atoms with Crippen molar-refractivity contribution in [2.75, 3.05) is 6.54 Å². The molecule has 3 heterocycles. The lowest BCUT2D eigenvalue weighted by molar-refractivity contribution is 0.244. The number of benzene rings is 1. The third-order valence-electron chi connectivity index (χ3n) is 5.08.